The molecule has 1 aliphatic rings. The molecule has 0 saturated heterocycles. The summed E-state index contributed by atoms with van der Waals surface area (Å²) in [6, 6.07) is 6.10. The van der Waals surface area contributed by atoms with Crippen LogP contribution in [0.1, 0.15) is 25.3 Å². The smallest absolute Gasteiger partial charge is 0.123 e. The Kier molecular flexibility index (Phi) is 4.76. The molecule has 1 N–H and O–H groups in total. The van der Waals surface area contributed by atoms with Gasteiger partial charge in [-0.1, -0.05) is 15.9 Å². The zero-order valence-corrected chi connectivity index (χ0v) is 12.5. The van der Waals surface area contributed by atoms with Gasteiger partial charge in [-0.05, 0) is 50.6 Å². The molecule has 1 aromatic rings. The molecule has 1 aromatic carbocycles. The Morgan fingerprint density at radius 3 is 2.89 bits per heavy atom. The number of hydrogen-bond donors (Lipinski definition) is 1. The normalized spacial score (nSPS) is 17.2. The summed E-state index contributed by atoms with van der Waals surface area (Å²) in [7, 11) is 2.18. The van der Waals surface area contributed by atoms with Crippen LogP contribution >= 0.6 is 15.9 Å². The van der Waals surface area contributed by atoms with E-state index >= 15 is 0 Å². The lowest BCUT2D eigenvalue weighted by Gasteiger charge is -2.24. The first-order chi connectivity index (χ1) is 8.58. The van der Waals surface area contributed by atoms with E-state index in [2.05, 4.69) is 40.1 Å². The maximum atomic E-state index is 13.1. The Balaban J connectivity index is 1.78. The van der Waals surface area contributed by atoms with Crippen molar-refractivity contribution < 1.29 is 4.39 Å². The zero-order chi connectivity index (χ0) is 13.1. The molecule has 0 aromatic heterocycles. The van der Waals surface area contributed by atoms with Gasteiger partial charge in [-0.3, -0.25) is 4.90 Å². The van der Waals surface area contributed by atoms with Crippen LogP contribution in [-0.4, -0.2) is 30.6 Å². The summed E-state index contributed by atoms with van der Waals surface area (Å²) in [4.78, 5) is 2.42. The monoisotopic (exact) mass is 314 g/mol. The first-order valence-electron chi connectivity index (χ1n) is 6.44. The van der Waals surface area contributed by atoms with Crippen molar-refractivity contribution in [3.8, 4) is 0 Å². The van der Waals surface area contributed by atoms with Gasteiger partial charge in [-0.2, -0.15) is 0 Å². The van der Waals surface area contributed by atoms with Crippen LogP contribution in [0.25, 0.3) is 0 Å². The average molecular weight is 315 g/mol. The summed E-state index contributed by atoms with van der Waals surface area (Å²) in [5.74, 6) is -0.182. The second-order valence-corrected chi connectivity index (χ2v) is 5.97. The molecule has 0 aliphatic heterocycles. The minimum atomic E-state index is -0.182. The summed E-state index contributed by atoms with van der Waals surface area (Å²) in [6.45, 7) is 3.85. The molecule has 18 heavy (non-hydrogen) atoms. The summed E-state index contributed by atoms with van der Waals surface area (Å²) in [6.07, 6.45) is 2.66. The predicted molar refractivity (Wildman–Crippen MR) is 76.1 cm³/mol. The maximum absolute atomic E-state index is 13.1. The quantitative estimate of drug-likeness (QED) is 0.867. The minimum absolute atomic E-state index is 0.182. The van der Waals surface area contributed by atoms with Crippen LogP contribution in [0.5, 0.6) is 0 Å². The third-order valence-corrected chi connectivity index (χ3v) is 4.35. The Hall–Kier alpha value is -0.450. The highest BCUT2D eigenvalue weighted by Crippen LogP contribution is 2.26. The van der Waals surface area contributed by atoms with Crippen molar-refractivity contribution in [1.29, 1.82) is 0 Å². The Bertz CT molecular complexity index is 407. The van der Waals surface area contributed by atoms with Gasteiger partial charge in [-0.15, -0.1) is 0 Å². The summed E-state index contributed by atoms with van der Waals surface area (Å²) in [5, 5.41) is 3.39. The minimum Gasteiger partial charge on any atom is -0.311 e. The lowest BCUT2D eigenvalue weighted by molar-refractivity contribution is 0.241. The number of likely N-dealkylation sites (N-methyl/N-ethyl adjacent to an activating group) is 1. The van der Waals surface area contributed by atoms with Crippen molar-refractivity contribution in [1.82, 2.24) is 10.2 Å². The van der Waals surface area contributed by atoms with Crippen molar-refractivity contribution >= 4 is 15.9 Å². The highest BCUT2D eigenvalue weighted by atomic mass is 79.9. The number of halogens is 2. The number of benzene rings is 1. The van der Waals surface area contributed by atoms with Crippen molar-refractivity contribution in [3.05, 3.63) is 34.1 Å². The molecule has 100 valence electrons. The van der Waals surface area contributed by atoms with Crippen molar-refractivity contribution in [2.75, 3.05) is 13.6 Å². The van der Waals surface area contributed by atoms with E-state index in [1.165, 1.54) is 18.9 Å². The molecule has 0 heterocycles. The Morgan fingerprint density at radius 2 is 2.22 bits per heavy atom. The molecule has 1 unspecified atom stereocenters. The summed E-state index contributed by atoms with van der Waals surface area (Å²) < 4.78 is 14.1. The molecule has 1 fully saturated rings. The molecule has 0 spiro atoms. The third kappa shape index (κ3) is 3.77. The Morgan fingerprint density at radius 1 is 1.50 bits per heavy atom. The molecule has 2 rings (SSSR count). The highest BCUT2D eigenvalue weighted by Gasteiger charge is 2.28. The number of hydrogen-bond acceptors (Lipinski definition) is 2. The van der Waals surface area contributed by atoms with Crippen LogP contribution in [0.4, 0.5) is 4.39 Å². The first kappa shape index (κ1) is 14.0. The van der Waals surface area contributed by atoms with Gasteiger partial charge in [0.1, 0.15) is 5.82 Å². The van der Waals surface area contributed by atoms with Crippen LogP contribution in [0.15, 0.2) is 22.7 Å². The molecular formula is C14H20BrFN2. The molecule has 0 bridgehead atoms. The second-order valence-electron chi connectivity index (χ2n) is 5.11. The molecule has 1 aliphatic carbocycles. The number of nitrogens with zero attached hydrogens (tertiary/aromatic N) is 1. The SMILES string of the molecule is CC(CNCc1cc(F)ccc1Br)N(C)C1CC1. The van der Waals surface area contributed by atoms with Crippen molar-refractivity contribution in [3.63, 3.8) is 0 Å². The van der Waals surface area contributed by atoms with Gasteiger partial charge in [0.25, 0.3) is 0 Å². The topological polar surface area (TPSA) is 15.3 Å². The zero-order valence-electron chi connectivity index (χ0n) is 10.9. The standard InChI is InChI=1S/C14H20BrFN2/c1-10(18(2)13-4-5-13)8-17-9-11-7-12(16)3-6-14(11)15/h3,6-7,10,13,17H,4-5,8-9H2,1-2H3. The van der Waals surface area contributed by atoms with Gasteiger partial charge in [-0.25, -0.2) is 4.39 Å². The van der Waals surface area contributed by atoms with Crippen LogP contribution in [0, 0.1) is 5.82 Å². The maximum Gasteiger partial charge on any atom is 0.123 e. The average Bonchev–Trinajstić information content (AvgIpc) is 3.16. The molecule has 4 heteroatoms. The van der Waals surface area contributed by atoms with E-state index in [1.807, 2.05) is 0 Å². The van der Waals surface area contributed by atoms with Crippen LogP contribution in [0.3, 0.4) is 0 Å². The van der Waals surface area contributed by atoms with Crippen molar-refractivity contribution in [2.45, 2.75) is 38.4 Å². The van der Waals surface area contributed by atoms with Gasteiger partial charge in [0.05, 0.1) is 0 Å². The van der Waals surface area contributed by atoms with E-state index in [1.54, 1.807) is 12.1 Å². The van der Waals surface area contributed by atoms with Crippen LogP contribution in [-0.2, 0) is 6.54 Å². The van der Waals surface area contributed by atoms with E-state index in [0.717, 1.165) is 22.6 Å². The summed E-state index contributed by atoms with van der Waals surface area (Å²) >= 11 is 3.44. The van der Waals surface area contributed by atoms with E-state index in [9.17, 15) is 4.39 Å². The van der Waals surface area contributed by atoms with Crippen LogP contribution in [0.2, 0.25) is 0 Å². The van der Waals surface area contributed by atoms with Gasteiger partial charge in [0.15, 0.2) is 0 Å². The van der Waals surface area contributed by atoms with Gasteiger partial charge in [0, 0.05) is 29.6 Å². The Labute approximate surface area is 117 Å². The first-order valence-corrected chi connectivity index (χ1v) is 7.24. The fraction of sp³-hybridized carbons (Fsp3) is 0.571. The van der Waals surface area contributed by atoms with Gasteiger partial charge >= 0.3 is 0 Å². The van der Waals surface area contributed by atoms with Crippen molar-refractivity contribution in [2.24, 2.45) is 0 Å². The number of nitrogens with one attached hydrogen (secondary N) is 1. The lowest BCUT2D eigenvalue weighted by atomic mass is 10.2. The fourth-order valence-electron chi connectivity index (χ4n) is 2.08. The third-order valence-electron chi connectivity index (χ3n) is 3.58. The van der Waals surface area contributed by atoms with E-state index in [4.69, 9.17) is 0 Å². The second kappa shape index (κ2) is 6.13. The molecule has 1 saturated carbocycles. The molecule has 0 amide bonds. The fourth-order valence-corrected chi connectivity index (χ4v) is 2.47. The molecule has 2 nitrogen and oxygen atoms in total. The predicted octanol–water partition coefficient (Wildman–Crippen LogP) is 3.16. The van der Waals surface area contributed by atoms with E-state index < -0.39 is 0 Å². The van der Waals surface area contributed by atoms with Gasteiger partial charge in [0.2, 0.25) is 0 Å². The number of rotatable bonds is 6. The van der Waals surface area contributed by atoms with E-state index in [0.29, 0.717) is 12.6 Å². The molecule has 0 radical (unpaired) electrons. The lowest BCUT2D eigenvalue weighted by Crippen LogP contribution is -2.38. The van der Waals surface area contributed by atoms with E-state index in [-0.39, 0.29) is 5.82 Å². The largest absolute Gasteiger partial charge is 0.311 e. The molecular weight excluding hydrogens is 295 g/mol. The highest BCUT2D eigenvalue weighted by molar-refractivity contribution is 9.10. The van der Waals surface area contributed by atoms with Gasteiger partial charge < -0.3 is 5.32 Å². The summed E-state index contributed by atoms with van der Waals surface area (Å²) in [5.41, 5.74) is 0.969. The molecule has 1 atom stereocenters. The van der Waals surface area contributed by atoms with Crippen LogP contribution < -0.4 is 5.32 Å².